The third-order valence-corrected chi connectivity index (χ3v) is 3.65. The Kier molecular flexibility index (Phi) is 5.82. The first-order valence-corrected chi connectivity index (χ1v) is 7.30. The molecular formula is C14H23NO2S. The molecule has 0 saturated carbocycles. The van der Waals surface area contributed by atoms with Crippen molar-refractivity contribution >= 4 is 17.3 Å². The van der Waals surface area contributed by atoms with E-state index in [1.165, 1.54) is 4.88 Å². The summed E-state index contributed by atoms with van der Waals surface area (Å²) in [6, 6.07) is 4.09. The van der Waals surface area contributed by atoms with Gasteiger partial charge in [0.2, 0.25) is 0 Å². The van der Waals surface area contributed by atoms with Gasteiger partial charge in [-0.1, -0.05) is 19.9 Å². The van der Waals surface area contributed by atoms with Crippen LogP contribution in [0.4, 0.5) is 0 Å². The summed E-state index contributed by atoms with van der Waals surface area (Å²) in [5, 5.41) is 5.39. The Bertz CT molecular complexity index is 362. The van der Waals surface area contributed by atoms with Gasteiger partial charge in [-0.05, 0) is 37.6 Å². The summed E-state index contributed by atoms with van der Waals surface area (Å²) < 4.78 is 5.18. The van der Waals surface area contributed by atoms with Crippen LogP contribution in [0.15, 0.2) is 17.5 Å². The maximum Gasteiger partial charge on any atom is 0.326 e. The SMILES string of the molecule is CCOC(=O)C(C)(CC(C)C)NCc1cccs1. The average molecular weight is 269 g/mol. The Morgan fingerprint density at radius 1 is 1.56 bits per heavy atom. The van der Waals surface area contributed by atoms with Crippen molar-refractivity contribution < 1.29 is 9.53 Å². The molecule has 1 aromatic rings. The zero-order valence-corrected chi connectivity index (χ0v) is 12.5. The first-order valence-electron chi connectivity index (χ1n) is 6.42. The second-order valence-corrected chi connectivity index (χ2v) is 6.12. The summed E-state index contributed by atoms with van der Waals surface area (Å²) >= 11 is 1.69. The molecule has 0 aliphatic heterocycles. The number of rotatable bonds is 7. The van der Waals surface area contributed by atoms with E-state index >= 15 is 0 Å². The largest absolute Gasteiger partial charge is 0.465 e. The molecule has 1 heterocycles. The van der Waals surface area contributed by atoms with Crippen molar-refractivity contribution in [2.24, 2.45) is 5.92 Å². The van der Waals surface area contributed by atoms with E-state index in [0.717, 1.165) is 6.42 Å². The molecule has 1 rings (SSSR count). The standard InChI is InChI=1S/C14H23NO2S/c1-5-17-13(16)14(4,9-11(2)3)15-10-12-7-6-8-18-12/h6-8,11,15H,5,9-10H2,1-4H3. The Labute approximate surface area is 114 Å². The smallest absolute Gasteiger partial charge is 0.326 e. The highest BCUT2D eigenvalue weighted by Crippen LogP contribution is 2.20. The molecule has 18 heavy (non-hydrogen) atoms. The van der Waals surface area contributed by atoms with Crippen LogP contribution in [0, 0.1) is 5.92 Å². The highest BCUT2D eigenvalue weighted by atomic mass is 32.1. The molecule has 0 spiro atoms. The minimum absolute atomic E-state index is 0.157. The summed E-state index contributed by atoms with van der Waals surface area (Å²) in [5.74, 6) is 0.283. The van der Waals surface area contributed by atoms with Crippen molar-refractivity contribution in [1.82, 2.24) is 5.32 Å². The maximum absolute atomic E-state index is 12.1. The van der Waals surface area contributed by atoms with E-state index in [-0.39, 0.29) is 5.97 Å². The normalized spacial score (nSPS) is 14.5. The lowest BCUT2D eigenvalue weighted by atomic mass is 9.90. The van der Waals surface area contributed by atoms with Crippen LogP contribution in [0.1, 0.15) is 39.0 Å². The third-order valence-electron chi connectivity index (χ3n) is 2.78. The van der Waals surface area contributed by atoms with Gasteiger partial charge in [-0.3, -0.25) is 10.1 Å². The van der Waals surface area contributed by atoms with Crippen LogP contribution in [0.2, 0.25) is 0 Å². The fraction of sp³-hybridized carbons (Fsp3) is 0.643. The van der Waals surface area contributed by atoms with Gasteiger partial charge in [0.05, 0.1) is 6.61 Å². The summed E-state index contributed by atoms with van der Waals surface area (Å²) in [4.78, 5) is 13.3. The van der Waals surface area contributed by atoms with Crippen molar-refractivity contribution in [3.8, 4) is 0 Å². The van der Waals surface area contributed by atoms with E-state index in [9.17, 15) is 4.79 Å². The van der Waals surface area contributed by atoms with E-state index in [1.807, 2.05) is 25.3 Å². The van der Waals surface area contributed by atoms with Gasteiger partial charge in [0.1, 0.15) is 5.54 Å². The van der Waals surface area contributed by atoms with Crippen molar-refractivity contribution in [1.29, 1.82) is 0 Å². The van der Waals surface area contributed by atoms with E-state index in [0.29, 0.717) is 19.1 Å². The lowest BCUT2D eigenvalue weighted by Gasteiger charge is -2.30. The first kappa shape index (κ1) is 15.2. The molecule has 0 aliphatic rings. The molecule has 3 nitrogen and oxygen atoms in total. The lowest BCUT2D eigenvalue weighted by Crippen LogP contribution is -2.50. The monoisotopic (exact) mass is 269 g/mol. The van der Waals surface area contributed by atoms with Crippen LogP contribution in [-0.2, 0) is 16.1 Å². The maximum atomic E-state index is 12.1. The zero-order valence-electron chi connectivity index (χ0n) is 11.7. The minimum atomic E-state index is -0.603. The summed E-state index contributed by atoms with van der Waals surface area (Å²) in [6.45, 7) is 9.13. The van der Waals surface area contributed by atoms with Gasteiger partial charge >= 0.3 is 5.97 Å². The average Bonchev–Trinajstić information content (AvgIpc) is 2.78. The van der Waals surface area contributed by atoms with Gasteiger partial charge in [0.15, 0.2) is 0 Å². The first-order chi connectivity index (χ1) is 8.48. The molecule has 1 unspecified atom stereocenters. The molecular weight excluding hydrogens is 246 g/mol. The zero-order chi connectivity index (χ0) is 13.6. The molecule has 0 aromatic carbocycles. The molecule has 1 atom stereocenters. The second kappa shape index (κ2) is 6.90. The fourth-order valence-corrected chi connectivity index (χ4v) is 2.67. The fourth-order valence-electron chi connectivity index (χ4n) is 2.03. The molecule has 0 saturated heterocycles. The number of thiophene rings is 1. The number of carbonyl (C=O) groups is 1. The van der Waals surface area contributed by atoms with Crippen molar-refractivity contribution in [2.45, 2.75) is 46.2 Å². The molecule has 0 fully saturated rings. The van der Waals surface area contributed by atoms with Crippen molar-refractivity contribution in [3.63, 3.8) is 0 Å². The van der Waals surface area contributed by atoms with E-state index < -0.39 is 5.54 Å². The number of esters is 1. The predicted molar refractivity (Wildman–Crippen MR) is 75.7 cm³/mol. The Morgan fingerprint density at radius 2 is 2.28 bits per heavy atom. The quantitative estimate of drug-likeness (QED) is 0.772. The highest BCUT2D eigenvalue weighted by molar-refractivity contribution is 7.09. The molecule has 0 aliphatic carbocycles. The van der Waals surface area contributed by atoms with Crippen LogP contribution >= 0.6 is 11.3 Å². The van der Waals surface area contributed by atoms with Gasteiger partial charge in [-0.15, -0.1) is 11.3 Å². The molecule has 4 heteroatoms. The Balaban J connectivity index is 2.67. The van der Waals surface area contributed by atoms with Gasteiger partial charge in [-0.2, -0.15) is 0 Å². The van der Waals surface area contributed by atoms with Gasteiger partial charge in [0, 0.05) is 11.4 Å². The van der Waals surface area contributed by atoms with Crippen LogP contribution in [0.5, 0.6) is 0 Å². The molecule has 0 amide bonds. The molecule has 102 valence electrons. The van der Waals surface area contributed by atoms with E-state index in [4.69, 9.17) is 4.74 Å². The number of hydrogen-bond donors (Lipinski definition) is 1. The molecule has 1 aromatic heterocycles. The molecule has 0 bridgehead atoms. The van der Waals surface area contributed by atoms with Crippen LogP contribution < -0.4 is 5.32 Å². The third kappa shape index (κ3) is 4.42. The number of ether oxygens (including phenoxy) is 1. The number of hydrogen-bond acceptors (Lipinski definition) is 4. The van der Waals surface area contributed by atoms with Crippen LogP contribution in [0.3, 0.4) is 0 Å². The van der Waals surface area contributed by atoms with Crippen molar-refractivity contribution in [3.05, 3.63) is 22.4 Å². The Hall–Kier alpha value is -0.870. The molecule has 0 radical (unpaired) electrons. The van der Waals surface area contributed by atoms with Crippen LogP contribution in [0.25, 0.3) is 0 Å². The van der Waals surface area contributed by atoms with E-state index in [1.54, 1.807) is 11.3 Å². The molecule has 1 N–H and O–H groups in total. The van der Waals surface area contributed by atoms with E-state index in [2.05, 4.69) is 25.2 Å². The number of carbonyl (C=O) groups excluding carboxylic acids is 1. The van der Waals surface area contributed by atoms with Crippen molar-refractivity contribution in [2.75, 3.05) is 6.61 Å². The van der Waals surface area contributed by atoms with Gasteiger partial charge < -0.3 is 4.74 Å². The van der Waals surface area contributed by atoms with Gasteiger partial charge in [-0.25, -0.2) is 0 Å². The predicted octanol–water partition coefficient (Wildman–Crippen LogP) is 3.21. The second-order valence-electron chi connectivity index (χ2n) is 5.08. The van der Waals surface area contributed by atoms with Crippen LogP contribution in [-0.4, -0.2) is 18.1 Å². The summed E-state index contributed by atoms with van der Waals surface area (Å²) in [6.07, 6.45) is 0.775. The summed E-state index contributed by atoms with van der Waals surface area (Å²) in [5.41, 5.74) is -0.603. The summed E-state index contributed by atoms with van der Waals surface area (Å²) in [7, 11) is 0. The topological polar surface area (TPSA) is 38.3 Å². The minimum Gasteiger partial charge on any atom is -0.465 e. The lowest BCUT2D eigenvalue weighted by molar-refractivity contribution is -0.151. The Morgan fingerprint density at radius 3 is 2.78 bits per heavy atom. The number of nitrogens with one attached hydrogen (secondary N) is 1. The van der Waals surface area contributed by atoms with Gasteiger partial charge in [0.25, 0.3) is 0 Å². The highest BCUT2D eigenvalue weighted by Gasteiger charge is 2.34.